The smallest absolute Gasteiger partial charge is 0.261 e. The molecule has 1 aliphatic heterocycles. The van der Waals surface area contributed by atoms with Crippen LogP contribution in [0, 0.1) is 0 Å². The van der Waals surface area contributed by atoms with Gasteiger partial charge in [0.25, 0.3) is 11.8 Å². The Labute approximate surface area is 117 Å². The second-order valence-corrected chi connectivity index (χ2v) is 4.56. The molecule has 2 rings (SSSR count). The van der Waals surface area contributed by atoms with Crippen molar-refractivity contribution in [1.29, 1.82) is 0 Å². The fourth-order valence-electron chi connectivity index (χ4n) is 2.05. The number of carbonyl (C=O) groups excluding carboxylic acids is 2. The fourth-order valence-corrected chi connectivity index (χ4v) is 2.05. The number of amides is 2. The lowest BCUT2D eigenvalue weighted by atomic mass is 9.98. The minimum atomic E-state index is -0.596. The maximum Gasteiger partial charge on any atom is 0.261 e. The highest BCUT2D eigenvalue weighted by molar-refractivity contribution is 6.04. The van der Waals surface area contributed by atoms with Crippen molar-refractivity contribution >= 4 is 11.8 Å². The third-order valence-electron chi connectivity index (χ3n) is 3.15. The van der Waals surface area contributed by atoms with Crippen LogP contribution < -0.4 is 4.74 Å². The second kappa shape index (κ2) is 6.34. The van der Waals surface area contributed by atoms with Gasteiger partial charge in [0.1, 0.15) is 12.4 Å². The number of imide groups is 1. The summed E-state index contributed by atoms with van der Waals surface area (Å²) in [4.78, 5) is 22.9. The van der Waals surface area contributed by atoms with Gasteiger partial charge in [0.05, 0.1) is 5.92 Å². The van der Waals surface area contributed by atoms with Crippen molar-refractivity contribution < 1.29 is 19.5 Å². The van der Waals surface area contributed by atoms with E-state index in [-0.39, 0.29) is 11.5 Å². The zero-order valence-corrected chi connectivity index (χ0v) is 11.3. The van der Waals surface area contributed by atoms with E-state index in [2.05, 4.69) is 6.92 Å². The molecule has 1 aromatic carbocycles. The zero-order valence-electron chi connectivity index (χ0n) is 11.3. The highest BCUT2D eigenvalue weighted by Crippen LogP contribution is 2.29. The molecule has 1 atom stereocenters. The minimum absolute atomic E-state index is 0.00871. The van der Waals surface area contributed by atoms with Crippen LogP contribution in [0.1, 0.15) is 31.2 Å². The second-order valence-electron chi connectivity index (χ2n) is 4.56. The van der Waals surface area contributed by atoms with Crippen LogP contribution in [0.2, 0.25) is 0 Å². The van der Waals surface area contributed by atoms with E-state index in [1.165, 1.54) is 0 Å². The topological polar surface area (TPSA) is 66.8 Å². The average Bonchev–Trinajstić information content (AvgIpc) is 2.72. The predicted molar refractivity (Wildman–Crippen MR) is 72.4 cm³/mol. The molecule has 1 aromatic rings. The van der Waals surface area contributed by atoms with E-state index in [0.717, 1.165) is 6.42 Å². The molecule has 1 fully saturated rings. The van der Waals surface area contributed by atoms with Crippen molar-refractivity contribution in [2.24, 2.45) is 0 Å². The summed E-state index contributed by atoms with van der Waals surface area (Å²) in [7, 11) is 0. The Hall–Kier alpha value is -2.14. The van der Waals surface area contributed by atoms with Gasteiger partial charge in [-0.2, -0.15) is 5.06 Å². The molecule has 1 saturated heterocycles. The molecule has 106 valence electrons. The van der Waals surface area contributed by atoms with Crippen LogP contribution in [0.25, 0.3) is 0 Å². The van der Waals surface area contributed by atoms with Crippen LogP contribution in [0.4, 0.5) is 0 Å². The molecular weight excluding hydrogens is 258 g/mol. The first kappa shape index (κ1) is 14.3. The number of allylic oxidation sites excluding steroid dienone is 1. The summed E-state index contributed by atoms with van der Waals surface area (Å²) in [5.41, 5.74) is 0.705. The lowest BCUT2D eigenvalue weighted by Crippen LogP contribution is -2.26. The summed E-state index contributed by atoms with van der Waals surface area (Å²) in [6.07, 6.45) is 4.94. The summed E-state index contributed by atoms with van der Waals surface area (Å²) in [6, 6.07) is 7.00. The van der Waals surface area contributed by atoms with Gasteiger partial charge in [-0.3, -0.25) is 14.8 Å². The fraction of sp³-hybridized carbons (Fsp3) is 0.333. The molecule has 0 radical (unpaired) electrons. The largest absolute Gasteiger partial charge is 0.490 e. The Morgan fingerprint density at radius 1 is 1.30 bits per heavy atom. The quantitative estimate of drug-likeness (QED) is 0.508. The number of ether oxygens (including phenoxy) is 1. The van der Waals surface area contributed by atoms with E-state index in [1.807, 2.05) is 12.2 Å². The lowest BCUT2D eigenvalue weighted by molar-refractivity contribution is -0.171. The van der Waals surface area contributed by atoms with Crippen LogP contribution in [-0.4, -0.2) is 28.7 Å². The minimum Gasteiger partial charge on any atom is -0.490 e. The maximum atomic E-state index is 11.7. The average molecular weight is 275 g/mol. The van der Waals surface area contributed by atoms with Crippen LogP contribution in [0.3, 0.4) is 0 Å². The summed E-state index contributed by atoms with van der Waals surface area (Å²) < 4.78 is 5.50. The molecular formula is C15H17NO4. The van der Waals surface area contributed by atoms with Crippen LogP contribution >= 0.6 is 0 Å². The maximum absolute atomic E-state index is 11.7. The molecule has 1 N–H and O–H groups in total. The van der Waals surface area contributed by atoms with E-state index < -0.39 is 17.7 Å². The summed E-state index contributed by atoms with van der Waals surface area (Å²) >= 11 is 0. The number of rotatable bonds is 5. The molecule has 5 heteroatoms. The lowest BCUT2D eigenvalue weighted by Gasteiger charge is -2.09. The van der Waals surface area contributed by atoms with Gasteiger partial charge in [0.2, 0.25) is 0 Å². The number of hydrogen-bond donors (Lipinski definition) is 1. The van der Waals surface area contributed by atoms with E-state index in [9.17, 15) is 14.8 Å². The molecule has 0 bridgehead atoms. The molecule has 0 saturated carbocycles. The van der Waals surface area contributed by atoms with Crippen molar-refractivity contribution in [1.82, 2.24) is 5.06 Å². The molecule has 1 unspecified atom stereocenters. The molecule has 1 heterocycles. The third kappa shape index (κ3) is 3.05. The number of hydrogen-bond acceptors (Lipinski definition) is 4. The summed E-state index contributed by atoms with van der Waals surface area (Å²) in [5, 5.41) is 9.42. The number of benzene rings is 1. The zero-order chi connectivity index (χ0) is 14.5. The van der Waals surface area contributed by atoms with Crippen molar-refractivity contribution in [3.8, 4) is 5.75 Å². The SMILES string of the molecule is CCC=CCOc1ccc(C2CC(=O)N(O)C2=O)cc1. The van der Waals surface area contributed by atoms with Crippen LogP contribution in [0.15, 0.2) is 36.4 Å². The van der Waals surface area contributed by atoms with E-state index in [4.69, 9.17) is 4.74 Å². The van der Waals surface area contributed by atoms with Crippen molar-refractivity contribution in [2.45, 2.75) is 25.7 Å². The van der Waals surface area contributed by atoms with Gasteiger partial charge >= 0.3 is 0 Å². The third-order valence-corrected chi connectivity index (χ3v) is 3.15. The molecule has 0 aliphatic carbocycles. The monoisotopic (exact) mass is 275 g/mol. The van der Waals surface area contributed by atoms with E-state index in [1.54, 1.807) is 24.3 Å². The molecule has 0 spiro atoms. The highest BCUT2D eigenvalue weighted by atomic mass is 16.5. The summed E-state index contributed by atoms with van der Waals surface area (Å²) in [5.74, 6) is -1.03. The molecule has 0 aromatic heterocycles. The Morgan fingerprint density at radius 2 is 2.00 bits per heavy atom. The van der Waals surface area contributed by atoms with Gasteiger partial charge in [-0.1, -0.05) is 31.2 Å². The highest BCUT2D eigenvalue weighted by Gasteiger charge is 2.38. The van der Waals surface area contributed by atoms with Crippen molar-refractivity contribution in [3.63, 3.8) is 0 Å². The number of carbonyl (C=O) groups is 2. The Bertz CT molecular complexity index is 521. The van der Waals surface area contributed by atoms with E-state index >= 15 is 0 Å². The van der Waals surface area contributed by atoms with Gasteiger partial charge < -0.3 is 4.74 Å². The molecule has 20 heavy (non-hydrogen) atoms. The predicted octanol–water partition coefficient (Wildman–Crippen LogP) is 2.26. The molecule has 1 aliphatic rings. The Kier molecular flexibility index (Phi) is 4.53. The van der Waals surface area contributed by atoms with Crippen molar-refractivity contribution in [2.75, 3.05) is 6.61 Å². The summed E-state index contributed by atoms with van der Waals surface area (Å²) in [6.45, 7) is 2.55. The molecule has 5 nitrogen and oxygen atoms in total. The molecule has 2 amide bonds. The van der Waals surface area contributed by atoms with Gasteiger partial charge in [-0.15, -0.1) is 0 Å². The van der Waals surface area contributed by atoms with Gasteiger partial charge in [-0.05, 0) is 24.1 Å². The Morgan fingerprint density at radius 3 is 2.55 bits per heavy atom. The first-order valence-corrected chi connectivity index (χ1v) is 6.57. The van der Waals surface area contributed by atoms with Crippen LogP contribution in [-0.2, 0) is 9.59 Å². The first-order valence-electron chi connectivity index (χ1n) is 6.57. The van der Waals surface area contributed by atoms with E-state index in [0.29, 0.717) is 17.9 Å². The number of hydroxylamine groups is 2. The van der Waals surface area contributed by atoms with Gasteiger partial charge in [-0.25, -0.2) is 0 Å². The van der Waals surface area contributed by atoms with Crippen molar-refractivity contribution in [3.05, 3.63) is 42.0 Å². The standard InChI is InChI=1S/C15H17NO4/c1-2-3-4-9-20-12-7-5-11(6-8-12)13-10-14(17)16(19)15(13)18/h3-8,13,19H,2,9-10H2,1H3. The normalized spacial score (nSPS) is 19.1. The number of nitrogens with zero attached hydrogens (tertiary/aromatic N) is 1. The van der Waals surface area contributed by atoms with Crippen LogP contribution in [0.5, 0.6) is 5.75 Å². The Balaban J connectivity index is 2.00. The first-order chi connectivity index (χ1) is 9.63. The van der Waals surface area contributed by atoms with Gasteiger partial charge in [0.15, 0.2) is 0 Å². The van der Waals surface area contributed by atoms with Gasteiger partial charge in [0, 0.05) is 6.42 Å².